The molecule has 0 aliphatic rings. The van der Waals surface area contributed by atoms with Crippen LogP contribution in [0, 0.1) is 0 Å². The van der Waals surface area contributed by atoms with Crippen LogP contribution in [0.2, 0.25) is 5.28 Å². The first-order valence-corrected chi connectivity index (χ1v) is 23.2. The number of rotatable bonds is 18. The third-order valence-electron chi connectivity index (χ3n) is 7.71. The number of hydrogen-bond donors (Lipinski definition) is 7. The zero-order valence-electron chi connectivity index (χ0n) is 30.3. The first-order valence-electron chi connectivity index (χ1n) is 16.2. The third-order valence-corrected chi connectivity index (χ3v) is 12.4. The van der Waals surface area contributed by atoms with Crippen molar-refractivity contribution in [2.75, 3.05) is 34.4 Å². The Kier molecular flexibility index (Phi) is 14.4. The van der Waals surface area contributed by atoms with E-state index in [4.69, 9.17) is 27.1 Å². The van der Waals surface area contributed by atoms with E-state index in [0.717, 1.165) is 18.2 Å². The summed E-state index contributed by atoms with van der Waals surface area (Å²) < 4.78 is 133. The number of fused-ring (bicyclic) bond motifs is 1. The largest absolute Gasteiger partial charge is 0.397 e. The monoisotopic (exact) mass is 965 g/mol. The van der Waals surface area contributed by atoms with Gasteiger partial charge in [-0.25, -0.2) is 22.7 Å². The van der Waals surface area contributed by atoms with E-state index >= 15 is 0 Å². The van der Waals surface area contributed by atoms with Gasteiger partial charge in [-0.1, -0.05) is 5.04 Å². The summed E-state index contributed by atoms with van der Waals surface area (Å²) in [4.78, 5) is 24.2. The lowest BCUT2D eigenvalue weighted by atomic mass is 10.1. The molecule has 61 heavy (non-hydrogen) atoms. The van der Waals surface area contributed by atoms with Crippen LogP contribution in [0.4, 0.5) is 45.1 Å². The fourth-order valence-corrected chi connectivity index (χ4v) is 8.79. The van der Waals surface area contributed by atoms with Crippen LogP contribution in [0.3, 0.4) is 0 Å². The highest BCUT2D eigenvalue weighted by Gasteiger charge is 2.24. The normalized spacial score (nSPS) is 12.5. The predicted octanol–water partition coefficient (Wildman–Crippen LogP) is 5.00. The highest BCUT2D eigenvalue weighted by Crippen LogP contribution is 2.38. The molecule has 0 fully saturated rings. The zero-order chi connectivity index (χ0) is 44.9. The number of hydrogen-bond acceptors (Lipinski definition) is 21. The molecule has 25 nitrogen and oxygen atoms in total. The van der Waals surface area contributed by atoms with Gasteiger partial charge >= 0.3 is 16.4 Å². The van der Waals surface area contributed by atoms with Gasteiger partial charge in [0.1, 0.15) is 21.2 Å². The summed E-state index contributed by atoms with van der Waals surface area (Å²) in [6, 6.07) is 12.0. The molecule has 0 radical (unpaired) electrons. The van der Waals surface area contributed by atoms with Crippen LogP contribution in [0.15, 0.2) is 96.5 Å². The second-order valence-electron chi connectivity index (χ2n) is 11.7. The van der Waals surface area contributed by atoms with E-state index in [9.17, 15) is 47.6 Å². The summed E-state index contributed by atoms with van der Waals surface area (Å²) in [5, 5.41) is 24.3. The number of aromatic nitrogens is 3. The number of carbonyl (C=O) groups is 1. The molecule has 2 amide bonds. The Morgan fingerprint density at radius 3 is 2.15 bits per heavy atom. The molecule has 31 heteroatoms. The number of nitrogens with two attached hydrogens (primary N) is 1. The molecule has 0 unspecified atom stereocenters. The van der Waals surface area contributed by atoms with Crippen LogP contribution in [0.1, 0.15) is 6.92 Å². The summed E-state index contributed by atoms with van der Waals surface area (Å²) in [6.07, 6.45) is 0. The maximum atomic E-state index is 12.6. The SMILES string of the molecule is CCN(c1ccc(S(=O)(=O)CCOS(=O)(=O)O)cc1)c1nc(Cl)nc(Nc2ccc(N=Nc3cc4c(S(=O)(=O)O)cc(SOOO)cc4cc3S(=O)(=O)O)c(NC(N)=O)c2)n1. The van der Waals surface area contributed by atoms with E-state index in [1.807, 2.05) is 0 Å². The molecule has 0 atom stereocenters. The minimum Gasteiger partial charge on any atom is -0.351 e. The maximum absolute atomic E-state index is 12.6. The van der Waals surface area contributed by atoms with E-state index in [2.05, 4.69) is 49.4 Å². The van der Waals surface area contributed by atoms with E-state index in [-0.39, 0.29) is 61.4 Å². The number of azo groups is 1. The molecule has 8 N–H and O–H groups in total. The van der Waals surface area contributed by atoms with Gasteiger partial charge in [0.15, 0.2) is 9.84 Å². The van der Waals surface area contributed by atoms with Gasteiger partial charge < -0.3 is 21.3 Å². The van der Waals surface area contributed by atoms with E-state index in [1.165, 1.54) is 53.4 Å². The number of nitrogens with zero attached hydrogens (tertiary/aromatic N) is 6. The lowest BCUT2D eigenvalue weighted by molar-refractivity contribution is -0.432. The minimum absolute atomic E-state index is 0.00673. The molecule has 326 valence electrons. The third kappa shape index (κ3) is 12.4. The summed E-state index contributed by atoms with van der Waals surface area (Å²) in [7, 11) is -18.9. The highest BCUT2D eigenvalue weighted by molar-refractivity contribution is 7.94. The number of primary amides is 1. The van der Waals surface area contributed by atoms with Gasteiger partial charge in [-0.3, -0.25) is 13.7 Å². The topological polar surface area (TPSA) is 379 Å². The van der Waals surface area contributed by atoms with Crippen LogP contribution >= 0.6 is 23.6 Å². The van der Waals surface area contributed by atoms with Crippen LogP contribution in [0.25, 0.3) is 10.8 Å². The number of nitrogens with one attached hydrogen (secondary N) is 2. The lowest BCUT2D eigenvalue weighted by Crippen LogP contribution is -2.20. The predicted molar refractivity (Wildman–Crippen MR) is 215 cm³/mol. The standard InChI is InChI=1S/C30H28ClN9O16S5/c1-2-40(18-4-6-20(7-5-18)58(43,44)10-9-54-61(51,52)53)30-36-27(31)35-29(37-30)33-17-3-8-22(23(13-17)34-28(32)41)38-39-24-15-21-16(12-26(24)60(48,49)50)11-19(57-56-55-42)14-25(21)59(45,46)47/h3-8,11-15,42H,2,9-10H2,1H3,(H3,32,34,41)(H,45,46,47)(H,48,49,50)(H,51,52,53)(H,33,35,36,37). The Labute approximate surface area is 354 Å². The van der Waals surface area contributed by atoms with Gasteiger partial charge in [-0.15, -0.1) is 14.6 Å². The van der Waals surface area contributed by atoms with Crippen molar-refractivity contribution in [3.8, 4) is 0 Å². The second-order valence-corrected chi connectivity index (χ2v) is 18.8. The number of amides is 2. The van der Waals surface area contributed by atoms with Crippen molar-refractivity contribution in [3.63, 3.8) is 0 Å². The first kappa shape index (κ1) is 46.8. The molecular formula is C30H28ClN9O16S5. The Bertz CT molecular complexity index is 2980. The Morgan fingerprint density at radius 1 is 0.869 bits per heavy atom. The number of halogens is 1. The summed E-state index contributed by atoms with van der Waals surface area (Å²) >= 11 is 6.52. The quantitative estimate of drug-likeness (QED) is 0.0200. The van der Waals surface area contributed by atoms with Crippen molar-refractivity contribution >= 4 is 121 Å². The molecule has 4 aromatic carbocycles. The first-order chi connectivity index (χ1) is 28.5. The smallest absolute Gasteiger partial charge is 0.351 e. The zero-order valence-corrected chi connectivity index (χ0v) is 35.2. The van der Waals surface area contributed by atoms with Crippen molar-refractivity contribution in [3.05, 3.63) is 72.0 Å². The van der Waals surface area contributed by atoms with Crippen LogP contribution in [0.5, 0.6) is 0 Å². The highest BCUT2D eigenvalue weighted by atomic mass is 35.5. The molecule has 0 spiro atoms. The van der Waals surface area contributed by atoms with Gasteiger partial charge in [-0.05, 0) is 90.6 Å². The number of urea groups is 1. The molecule has 0 bridgehead atoms. The van der Waals surface area contributed by atoms with Crippen molar-refractivity contribution in [2.24, 2.45) is 16.0 Å². The Morgan fingerprint density at radius 2 is 1.54 bits per heavy atom. The minimum atomic E-state index is -5.08. The Balaban J connectivity index is 1.46. The van der Waals surface area contributed by atoms with E-state index in [0.29, 0.717) is 17.7 Å². The molecule has 0 saturated carbocycles. The fourth-order valence-electron chi connectivity index (χ4n) is 5.25. The van der Waals surface area contributed by atoms with Crippen LogP contribution < -0.4 is 21.3 Å². The van der Waals surface area contributed by atoms with Crippen LogP contribution in [-0.2, 0) is 54.0 Å². The summed E-state index contributed by atoms with van der Waals surface area (Å²) in [5.74, 6) is -0.886. The molecular weight excluding hydrogens is 938 g/mol. The number of benzene rings is 4. The van der Waals surface area contributed by atoms with Crippen molar-refractivity contribution in [1.29, 1.82) is 0 Å². The molecule has 1 heterocycles. The molecule has 5 aromatic rings. The molecule has 1 aromatic heterocycles. The van der Waals surface area contributed by atoms with Gasteiger partial charge in [-0.2, -0.15) is 40.2 Å². The number of carbonyl (C=O) groups excluding carboxylic acids is 1. The van der Waals surface area contributed by atoms with Crippen molar-refractivity contribution in [2.45, 2.75) is 26.5 Å². The van der Waals surface area contributed by atoms with Gasteiger partial charge in [0.25, 0.3) is 20.2 Å². The van der Waals surface area contributed by atoms with Gasteiger partial charge in [0.2, 0.25) is 17.2 Å². The van der Waals surface area contributed by atoms with Crippen molar-refractivity contribution in [1.82, 2.24) is 15.0 Å². The fraction of sp³-hybridized carbons (Fsp3) is 0.133. The van der Waals surface area contributed by atoms with Crippen molar-refractivity contribution < 1.29 is 70.9 Å². The molecule has 0 aliphatic carbocycles. The molecule has 5 rings (SSSR count). The van der Waals surface area contributed by atoms with E-state index in [1.54, 1.807) is 6.92 Å². The Hall–Kier alpha value is -5.22. The number of anilines is 5. The average molecular weight is 966 g/mol. The van der Waals surface area contributed by atoms with Gasteiger partial charge in [0, 0.05) is 28.2 Å². The number of sulfone groups is 1. The lowest BCUT2D eigenvalue weighted by Gasteiger charge is -2.21. The maximum Gasteiger partial charge on any atom is 0.397 e. The summed E-state index contributed by atoms with van der Waals surface area (Å²) in [5.41, 5.74) is 5.05. The molecule has 0 saturated heterocycles. The molecule has 0 aliphatic heterocycles. The summed E-state index contributed by atoms with van der Waals surface area (Å²) in [6.45, 7) is 1.14. The van der Waals surface area contributed by atoms with Crippen LogP contribution in [-0.4, -0.2) is 92.5 Å². The average Bonchev–Trinajstić information content (AvgIpc) is 3.15. The van der Waals surface area contributed by atoms with E-state index < -0.39 is 74.3 Å². The van der Waals surface area contributed by atoms with Gasteiger partial charge in [0.05, 0.1) is 35.0 Å². The second kappa shape index (κ2) is 18.8.